The SMILES string of the molecule is O=c1c2ccccc2n(-c2ccc(C3Nc4ccccc4S3)cc2)c2cc3c(=O)c4ccccc4n(-c4ccc(C5Nc6ccccc6S5)cc4)c3cc12. The molecule has 7 aromatic carbocycles. The van der Waals surface area contributed by atoms with E-state index in [1.165, 1.54) is 9.79 Å². The molecule has 0 spiro atoms. The van der Waals surface area contributed by atoms with Crippen molar-refractivity contribution in [2.75, 3.05) is 10.6 Å². The zero-order valence-corrected chi connectivity index (χ0v) is 30.3. The minimum absolute atomic E-state index is 0.0638. The summed E-state index contributed by atoms with van der Waals surface area (Å²) < 4.78 is 4.24. The highest BCUT2D eigenvalue weighted by molar-refractivity contribution is 8.00. The van der Waals surface area contributed by atoms with Crippen LogP contribution in [0.15, 0.2) is 177 Å². The molecular weight excluding hydrogens is 705 g/mol. The summed E-state index contributed by atoms with van der Waals surface area (Å²) in [6, 6.07) is 53.1. The third-order valence-corrected chi connectivity index (χ3v) is 13.1. The first kappa shape index (κ1) is 31.3. The van der Waals surface area contributed by atoms with Crippen LogP contribution >= 0.6 is 23.5 Å². The van der Waals surface area contributed by atoms with Gasteiger partial charge in [0.1, 0.15) is 10.7 Å². The molecular formula is C46H30N4O2S2. The van der Waals surface area contributed by atoms with Gasteiger partial charge in [-0.3, -0.25) is 9.59 Å². The third kappa shape index (κ3) is 4.84. The second-order valence-corrected chi connectivity index (χ2v) is 16.0. The number of anilines is 2. The smallest absolute Gasteiger partial charge is 0.197 e. The molecule has 2 aliphatic heterocycles. The van der Waals surface area contributed by atoms with Gasteiger partial charge in [0, 0.05) is 54.1 Å². The fraction of sp³-hybridized carbons (Fsp3) is 0.0435. The van der Waals surface area contributed by atoms with E-state index in [1.807, 2.05) is 60.7 Å². The van der Waals surface area contributed by atoms with E-state index in [2.05, 4.69) is 117 Å². The lowest BCUT2D eigenvalue weighted by Gasteiger charge is -2.20. The van der Waals surface area contributed by atoms with Crippen molar-refractivity contribution >= 4 is 78.5 Å². The standard InChI is InChI=1S/C46H30N4O2S2/c51-43-31-9-1-5-13-37(31)49(29-21-17-27(18-22-29)45-47-35-11-3-7-15-41(35)53-45)39-26-34-40(25-33(39)43)50(38-14-6-2-10-32(38)44(34)52)30-23-19-28(20-24-30)46-48-36-12-4-8-16-42(36)54-46/h1-26,45-48H. The normalized spacial score (nSPS) is 16.1. The fourth-order valence-electron chi connectivity index (χ4n) is 8.01. The van der Waals surface area contributed by atoms with Crippen molar-refractivity contribution < 1.29 is 0 Å². The second kappa shape index (κ2) is 12.2. The summed E-state index contributed by atoms with van der Waals surface area (Å²) >= 11 is 3.61. The molecule has 0 aliphatic carbocycles. The summed E-state index contributed by atoms with van der Waals surface area (Å²) in [6.45, 7) is 0. The van der Waals surface area contributed by atoms with Gasteiger partial charge in [0.05, 0.1) is 22.1 Å². The quantitative estimate of drug-likeness (QED) is 0.176. The molecule has 0 saturated heterocycles. The molecule has 258 valence electrons. The predicted octanol–water partition coefficient (Wildman–Crippen LogP) is 11.0. The van der Waals surface area contributed by atoms with E-state index in [9.17, 15) is 9.59 Å². The monoisotopic (exact) mass is 734 g/mol. The topological polar surface area (TPSA) is 68.1 Å². The van der Waals surface area contributed by atoms with Gasteiger partial charge in [-0.1, -0.05) is 96.3 Å². The van der Waals surface area contributed by atoms with Crippen molar-refractivity contribution in [3.63, 3.8) is 0 Å². The highest BCUT2D eigenvalue weighted by Crippen LogP contribution is 2.47. The Morgan fingerprint density at radius 2 is 0.796 bits per heavy atom. The lowest BCUT2D eigenvalue weighted by atomic mass is 10.0. The first-order chi connectivity index (χ1) is 26.6. The molecule has 9 aromatic rings. The number of hydrogen-bond acceptors (Lipinski definition) is 6. The lowest BCUT2D eigenvalue weighted by Crippen LogP contribution is -2.14. The molecule has 54 heavy (non-hydrogen) atoms. The molecule has 0 saturated carbocycles. The minimum atomic E-state index is -0.0638. The van der Waals surface area contributed by atoms with Crippen LogP contribution in [0.25, 0.3) is 55.0 Å². The Hall–Kier alpha value is -6.22. The number of thioether (sulfide) groups is 2. The van der Waals surface area contributed by atoms with E-state index >= 15 is 0 Å². The summed E-state index contributed by atoms with van der Waals surface area (Å²) in [5.41, 5.74) is 9.28. The van der Waals surface area contributed by atoms with E-state index in [0.29, 0.717) is 32.6 Å². The largest absolute Gasteiger partial charge is 0.368 e. The Labute approximate surface area is 318 Å². The summed E-state index contributed by atoms with van der Waals surface area (Å²) in [6.07, 6.45) is 0. The van der Waals surface area contributed by atoms with E-state index in [1.54, 1.807) is 23.5 Å². The molecule has 0 amide bonds. The van der Waals surface area contributed by atoms with Gasteiger partial charge in [-0.25, -0.2) is 0 Å². The maximum Gasteiger partial charge on any atom is 0.197 e. The second-order valence-electron chi connectivity index (χ2n) is 13.7. The van der Waals surface area contributed by atoms with Gasteiger partial charge >= 0.3 is 0 Å². The number of pyridine rings is 2. The van der Waals surface area contributed by atoms with Crippen LogP contribution in [-0.4, -0.2) is 9.13 Å². The van der Waals surface area contributed by atoms with Crippen molar-refractivity contribution in [1.82, 2.24) is 9.13 Å². The van der Waals surface area contributed by atoms with Crippen LogP contribution in [0, 0.1) is 0 Å². The van der Waals surface area contributed by atoms with E-state index in [-0.39, 0.29) is 21.6 Å². The van der Waals surface area contributed by atoms with Gasteiger partial charge in [-0.15, -0.1) is 0 Å². The summed E-state index contributed by atoms with van der Waals surface area (Å²) in [4.78, 5) is 31.3. The molecule has 4 heterocycles. The number of fused-ring (bicyclic) bond motifs is 6. The maximum absolute atomic E-state index is 14.4. The molecule has 8 heteroatoms. The first-order valence-corrected chi connectivity index (χ1v) is 19.7. The summed E-state index contributed by atoms with van der Waals surface area (Å²) in [5.74, 6) is 0. The van der Waals surface area contributed by atoms with Crippen molar-refractivity contribution in [1.29, 1.82) is 0 Å². The summed E-state index contributed by atoms with van der Waals surface area (Å²) in [7, 11) is 0. The average molecular weight is 735 g/mol. The Balaban J connectivity index is 1.09. The van der Waals surface area contributed by atoms with Gasteiger partial charge in [0.2, 0.25) is 0 Å². The number of rotatable bonds is 4. The van der Waals surface area contributed by atoms with Crippen LogP contribution < -0.4 is 21.5 Å². The molecule has 0 bridgehead atoms. The molecule has 6 nitrogen and oxygen atoms in total. The minimum Gasteiger partial charge on any atom is -0.368 e. The van der Waals surface area contributed by atoms with Crippen molar-refractivity contribution in [2.24, 2.45) is 0 Å². The number of para-hydroxylation sites is 4. The van der Waals surface area contributed by atoms with Crippen LogP contribution in [0.2, 0.25) is 0 Å². The number of hydrogen-bond donors (Lipinski definition) is 2. The number of aromatic nitrogens is 2. The third-order valence-electron chi connectivity index (χ3n) is 10.6. The first-order valence-electron chi connectivity index (χ1n) is 17.9. The molecule has 2 N–H and O–H groups in total. The van der Waals surface area contributed by atoms with E-state index < -0.39 is 0 Å². The maximum atomic E-state index is 14.4. The Bertz CT molecular complexity index is 2860. The number of benzene rings is 7. The molecule has 2 unspecified atom stereocenters. The Kier molecular flexibility index (Phi) is 7.05. The lowest BCUT2D eigenvalue weighted by molar-refractivity contribution is 1.11. The van der Waals surface area contributed by atoms with Crippen LogP contribution in [0.5, 0.6) is 0 Å². The predicted molar refractivity (Wildman–Crippen MR) is 225 cm³/mol. The van der Waals surface area contributed by atoms with Crippen LogP contribution in [0.1, 0.15) is 21.9 Å². The van der Waals surface area contributed by atoms with Gasteiger partial charge < -0.3 is 19.8 Å². The molecule has 0 radical (unpaired) electrons. The molecule has 2 aromatic heterocycles. The van der Waals surface area contributed by atoms with Crippen molar-refractivity contribution in [2.45, 2.75) is 20.5 Å². The van der Waals surface area contributed by atoms with Gasteiger partial charge in [0.15, 0.2) is 10.9 Å². The molecule has 11 rings (SSSR count). The highest BCUT2D eigenvalue weighted by Gasteiger charge is 2.25. The molecule has 0 fully saturated rings. The Morgan fingerprint density at radius 3 is 1.22 bits per heavy atom. The molecule has 2 atom stereocenters. The summed E-state index contributed by atoms with van der Waals surface area (Å²) in [5, 5.41) is 9.83. The van der Waals surface area contributed by atoms with Gasteiger partial charge in [-0.05, 0) is 96.1 Å². The number of nitrogens with one attached hydrogen (secondary N) is 2. The van der Waals surface area contributed by atoms with Crippen LogP contribution in [0.3, 0.4) is 0 Å². The molecule has 2 aliphatic rings. The van der Waals surface area contributed by atoms with Gasteiger partial charge in [0.25, 0.3) is 0 Å². The van der Waals surface area contributed by atoms with Crippen LogP contribution in [-0.2, 0) is 0 Å². The van der Waals surface area contributed by atoms with Crippen molar-refractivity contribution in [3.8, 4) is 11.4 Å². The van der Waals surface area contributed by atoms with E-state index in [4.69, 9.17) is 0 Å². The highest BCUT2D eigenvalue weighted by atomic mass is 32.2. The fourth-order valence-corrected chi connectivity index (χ4v) is 10.3. The van der Waals surface area contributed by atoms with Crippen molar-refractivity contribution in [3.05, 3.63) is 189 Å². The zero-order valence-electron chi connectivity index (χ0n) is 28.7. The number of nitrogens with zero attached hydrogens (tertiary/aromatic N) is 2. The van der Waals surface area contributed by atoms with Gasteiger partial charge in [-0.2, -0.15) is 0 Å². The average Bonchev–Trinajstić information content (AvgIpc) is 3.87. The Morgan fingerprint density at radius 1 is 0.407 bits per heavy atom. The zero-order chi connectivity index (χ0) is 35.9. The van der Waals surface area contributed by atoms with E-state index in [0.717, 1.165) is 44.9 Å². The van der Waals surface area contributed by atoms with Crippen LogP contribution in [0.4, 0.5) is 11.4 Å².